The lowest BCUT2D eigenvalue weighted by Crippen LogP contribution is -2.31. The second-order valence-corrected chi connectivity index (χ2v) is 5.75. The van der Waals surface area contributed by atoms with Crippen LogP contribution in [0.5, 0.6) is 0 Å². The Balaban J connectivity index is 1.92. The highest BCUT2D eigenvalue weighted by Gasteiger charge is 2.37. The van der Waals surface area contributed by atoms with Crippen molar-refractivity contribution in [1.29, 1.82) is 0 Å². The predicted molar refractivity (Wildman–Crippen MR) is 80.3 cm³/mol. The van der Waals surface area contributed by atoms with Gasteiger partial charge in [-0.25, -0.2) is 4.68 Å². The van der Waals surface area contributed by atoms with Gasteiger partial charge >= 0.3 is 0 Å². The van der Waals surface area contributed by atoms with Crippen LogP contribution in [0, 0.1) is 6.92 Å². The molecular formula is C15H18N6O. The molecule has 2 aliphatic rings. The van der Waals surface area contributed by atoms with E-state index in [1.165, 1.54) is 6.33 Å². The maximum Gasteiger partial charge on any atom is 0.226 e. The summed E-state index contributed by atoms with van der Waals surface area (Å²) in [4.78, 5) is 16.8. The number of ketones is 1. The Morgan fingerprint density at radius 2 is 2.27 bits per heavy atom. The summed E-state index contributed by atoms with van der Waals surface area (Å²) in [6.07, 6.45) is 5.91. The molecule has 0 unspecified atom stereocenters. The largest absolute Gasteiger partial charge is 0.328 e. The van der Waals surface area contributed by atoms with Crippen LogP contribution in [0.25, 0.3) is 0 Å². The molecule has 0 spiro atoms. The molecule has 2 aromatic heterocycles. The Labute approximate surface area is 128 Å². The van der Waals surface area contributed by atoms with E-state index >= 15 is 0 Å². The van der Waals surface area contributed by atoms with Gasteiger partial charge in [-0.2, -0.15) is 15.2 Å². The predicted octanol–water partition coefficient (Wildman–Crippen LogP) is 1.82. The van der Waals surface area contributed by atoms with Crippen LogP contribution in [0.3, 0.4) is 0 Å². The highest BCUT2D eigenvalue weighted by Crippen LogP contribution is 2.40. The molecule has 0 saturated carbocycles. The summed E-state index contributed by atoms with van der Waals surface area (Å²) >= 11 is 0. The van der Waals surface area contributed by atoms with Crippen LogP contribution in [-0.2, 0) is 11.3 Å². The fourth-order valence-electron chi connectivity index (χ4n) is 3.35. The number of fused-ring (bicyclic) bond motifs is 1. The Kier molecular flexibility index (Phi) is 2.88. The number of allylic oxidation sites excluding steroid dienone is 2. The molecule has 3 heterocycles. The van der Waals surface area contributed by atoms with Crippen LogP contribution in [-0.4, -0.2) is 30.3 Å². The van der Waals surface area contributed by atoms with Gasteiger partial charge in [-0.05, 0) is 26.7 Å². The smallest absolute Gasteiger partial charge is 0.226 e. The minimum Gasteiger partial charge on any atom is -0.328 e. The van der Waals surface area contributed by atoms with Crippen LogP contribution in [0.4, 0.5) is 5.95 Å². The number of anilines is 1. The number of carbonyl (C=O) groups excluding carboxylic acids is 1. The lowest BCUT2D eigenvalue weighted by molar-refractivity contribution is -0.116. The molecule has 1 atom stereocenters. The Morgan fingerprint density at radius 3 is 3.05 bits per heavy atom. The van der Waals surface area contributed by atoms with Crippen LogP contribution < -0.4 is 5.32 Å². The van der Waals surface area contributed by atoms with Crippen molar-refractivity contribution in [3.8, 4) is 0 Å². The maximum absolute atomic E-state index is 12.5. The van der Waals surface area contributed by atoms with E-state index in [1.54, 1.807) is 4.68 Å². The molecule has 1 aliphatic carbocycles. The van der Waals surface area contributed by atoms with Gasteiger partial charge in [0.2, 0.25) is 5.95 Å². The summed E-state index contributed by atoms with van der Waals surface area (Å²) in [5.41, 5.74) is 3.77. The van der Waals surface area contributed by atoms with Gasteiger partial charge in [0, 0.05) is 36.0 Å². The van der Waals surface area contributed by atoms with E-state index in [-0.39, 0.29) is 11.8 Å². The van der Waals surface area contributed by atoms with Crippen molar-refractivity contribution in [3.05, 3.63) is 35.1 Å². The summed E-state index contributed by atoms with van der Waals surface area (Å²) in [6, 6.07) is -0.221. The molecule has 7 heteroatoms. The number of Topliss-reactive ketones (excluding diaryl/α,β-unsaturated/α-hetero) is 1. The zero-order chi connectivity index (χ0) is 15.3. The summed E-state index contributed by atoms with van der Waals surface area (Å²) in [7, 11) is 0. The molecule has 0 bridgehead atoms. The number of aromatic nitrogens is 5. The Hall–Kier alpha value is -2.44. The normalized spacial score (nSPS) is 20.6. The van der Waals surface area contributed by atoms with Crippen molar-refractivity contribution in [3.63, 3.8) is 0 Å². The lowest BCUT2D eigenvalue weighted by Gasteiger charge is -2.31. The van der Waals surface area contributed by atoms with Crippen molar-refractivity contribution in [2.24, 2.45) is 0 Å². The van der Waals surface area contributed by atoms with Crippen LogP contribution in [0.2, 0.25) is 0 Å². The quantitative estimate of drug-likeness (QED) is 0.915. The fourth-order valence-corrected chi connectivity index (χ4v) is 3.35. The summed E-state index contributed by atoms with van der Waals surface area (Å²) in [5.74, 6) is 0.894. The second-order valence-electron chi connectivity index (χ2n) is 5.75. The molecule has 7 nitrogen and oxygen atoms in total. The van der Waals surface area contributed by atoms with Gasteiger partial charge in [-0.3, -0.25) is 9.48 Å². The molecule has 0 aromatic carbocycles. The third-order valence-electron chi connectivity index (χ3n) is 4.41. The van der Waals surface area contributed by atoms with Crippen molar-refractivity contribution < 1.29 is 4.79 Å². The monoisotopic (exact) mass is 298 g/mol. The summed E-state index contributed by atoms with van der Waals surface area (Å²) in [5, 5.41) is 12.1. The van der Waals surface area contributed by atoms with Gasteiger partial charge in [-0.1, -0.05) is 0 Å². The maximum atomic E-state index is 12.5. The molecule has 0 saturated heterocycles. The number of nitrogens with one attached hydrogen (secondary N) is 1. The second kappa shape index (κ2) is 4.79. The molecule has 0 radical (unpaired) electrons. The molecule has 0 amide bonds. The first-order valence-corrected chi connectivity index (χ1v) is 7.65. The van der Waals surface area contributed by atoms with Gasteiger partial charge in [0.1, 0.15) is 12.4 Å². The van der Waals surface area contributed by atoms with Crippen LogP contribution >= 0.6 is 0 Å². The highest BCUT2D eigenvalue weighted by atomic mass is 16.1. The molecule has 22 heavy (non-hydrogen) atoms. The number of nitrogens with zero attached hydrogens (tertiary/aromatic N) is 5. The number of hydrogen-bond acceptors (Lipinski definition) is 5. The number of rotatable bonds is 2. The first kappa shape index (κ1) is 13.2. The molecule has 4 rings (SSSR count). The SMILES string of the molecule is CCn1cc([C@@H]2C3=C(CCCC3=O)Nc3ncnn32)c(C)n1. The highest BCUT2D eigenvalue weighted by molar-refractivity contribution is 5.99. The van der Waals surface area contributed by atoms with Gasteiger partial charge < -0.3 is 5.32 Å². The van der Waals surface area contributed by atoms with Crippen LogP contribution in [0.1, 0.15) is 43.5 Å². The van der Waals surface area contributed by atoms with Gasteiger partial charge in [0.05, 0.1) is 5.69 Å². The molecular weight excluding hydrogens is 280 g/mol. The van der Waals surface area contributed by atoms with Gasteiger partial charge in [0.15, 0.2) is 5.78 Å². The van der Waals surface area contributed by atoms with E-state index in [0.717, 1.165) is 41.9 Å². The molecule has 1 N–H and O–H groups in total. The van der Waals surface area contributed by atoms with Crippen molar-refractivity contribution in [2.45, 2.75) is 45.7 Å². The molecule has 114 valence electrons. The molecule has 1 aliphatic heterocycles. The van der Waals surface area contributed by atoms with Gasteiger partial charge in [-0.15, -0.1) is 0 Å². The fraction of sp³-hybridized carbons (Fsp3) is 0.467. The van der Waals surface area contributed by atoms with Crippen molar-refractivity contribution in [2.75, 3.05) is 5.32 Å². The van der Waals surface area contributed by atoms with E-state index in [4.69, 9.17) is 0 Å². The third kappa shape index (κ3) is 1.81. The topological polar surface area (TPSA) is 77.6 Å². The molecule has 0 fully saturated rings. The number of carbonyl (C=O) groups is 1. The van der Waals surface area contributed by atoms with E-state index in [1.807, 2.05) is 17.8 Å². The van der Waals surface area contributed by atoms with E-state index in [2.05, 4.69) is 27.4 Å². The lowest BCUT2D eigenvalue weighted by atomic mass is 9.86. The first-order valence-electron chi connectivity index (χ1n) is 7.65. The van der Waals surface area contributed by atoms with Crippen molar-refractivity contribution in [1.82, 2.24) is 24.5 Å². The zero-order valence-corrected chi connectivity index (χ0v) is 12.7. The standard InChI is InChI=1S/C15H18N6O/c1-3-20-7-10(9(2)19-20)14-13-11(5-4-6-12(13)22)18-15-16-8-17-21(14)15/h7-8,14H,3-6H2,1-2H3,(H,16,17,18)/t14-/m1/s1. The third-order valence-corrected chi connectivity index (χ3v) is 4.41. The average molecular weight is 298 g/mol. The first-order chi connectivity index (χ1) is 10.7. The van der Waals surface area contributed by atoms with Crippen LogP contribution in [0.15, 0.2) is 23.8 Å². The van der Waals surface area contributed by atoms with E-state index in [9.17, 15) is 4.79 Å². The Bertz CT molecular complexity index is 784. The van der Waals surface area contributed by atoms with E-state index < -0.39 is 0 Å². The zero-order valence-electron chi connectivity index (χ0n) is 12.7. The Morgan fingerprint density at radius 1 is 1.41 bits per heavy atom. The average Bonchev–Trinajstić information content (AvgIpc) is 3.11. The minimum absolute atomic E-state index is 0.198. The number of aryl methyl sites for hydroxylation is 2. The number of hydrogen-bond donors (Lipinski definition) is 1. The van der Waals surface area contributed by atoms with Gasteiger partial charge in [0.25, 0.3) is 0 Å². The van der Waals surface area contributed by atoms with Crippen molar-refractivity contribution >= 4 is 11.7 Å². The molecule has 2 aromatic rings. The minimum atomic E-state index is -0.221. The summed E-state index contributed by atoms with van der Waals surface area (Å²) in [6.45, 7) is 4.83. The summed E-state index contributed by atoms with van der Waals surface area (Å²) < 4.78 is 3.70. The van der Waals surface area contributed by atoms with E-state index in [0.29, 0.717) is 12.4 Å².